The summed E-state index contributed by atoms with van der Waals surface area (Å²) in [7, 11) is 0. The fourth-order valence-corrected chi connectivity index (χ4v) is 7.77. The summed E-state index contributed by atoms with van der Waals surface area (Å²) in [4.78, 5) is 6.83. The summed E-state index contributed by atoms with van der Waals surface area (Å²) in [5, 5.41) is 0. The van der Waals surface area contributed by atoms with Crippen molar-refractivity contribution in [2.75, 3.05) is 19.6 Å². The minimum absolute atomic E-state index is 0.225. The molecular weight excluding hydrogens is 637 g/mol. The van der Waals surface area contributed by atoms with E-state index in [9.17, 15) is 0 Å². The molecule has 0 spiro atoms. The molecule has 0 aromatic carbocycles. The van der Waals surface area contributed by atoms with E-state index in [4.69, 9.17) is 9.47 Å². The van der Waals surface area contributed by atoms with Gasteiger partial charge >= 0.3 is 0 Å². The first-order valence-electron chi connectivity index (χ1n) is 22.3. The lowest BCUT2D eigenvalue weighted by Gasteiger charge is -2.31. The first-order valence-corrected chi connectivity index (χ1v) is 22.3. The van der Waals surface area contributed by atoms with Crippen molar-refractivity contribution in [2.24, 2.45) is 0 Å². The van der Waals surface area contributed by atoms with Gasteiger partial charge in [0, 0.05) is 44.9 Å². The zero-order valence-electron chi connectivity index (χ0n) is 34.0. The number of allylic oxidation sites excluding steroid dienone is 8. The number of pyridine rings is 1. The van der Waals surface area contributed by atoms with Crippen LogP contribution >= 0.6 is 0 Å². The Hall–Kier alpha value is -2.01. The fourth-order valence-electron chi connectivity index (χ4n) is 7.77. The largest absolute Gasteiger partial charge is 0.343 e. The van der Waals surface area contributed by atoms with Gasteiger partial charge in [0.2, 0.25) is 0 Å². The van der Waals surface area contributed by atoms with E-state index >= 15 is 0 Å². The highest BCUT2D eigenvalue weighted by Crippen LogP contribution is 2.40. The Morgan fingerprint density at radius 2 is 1.04 bits per heavy atom. The summed E-state index contributed by atoms with van der Waals surface area (Å²) in [5.74, 6) is -0.352. The van der Waals surface area contributed by atoms with Gasteiger partial charge in [0.15, 0.2) is 5.79 Å². The molecule has 2 fully saturated rings. The van der Waals surface area contributed by atoms with E-state index in [-0.39, 0.29) is 18.0 Å². The zero-order chi connectivity index (χ0) is 36.6. The summed E-state index contributed by atoms with van der Waals surface area (Å²) in [6, 6.07) is 4.22. The van der Waals surface area contributed by atoms with E-state index in [1.807, 2.05) is 18.5 Å². The molecular formula is C48H80N2O2. The molecule has 0 saturated carbocycles. The van der Waals surface area contributed by atoms with Gasteiger partial charge in [0.25, 0.3) is 0 Å². The summed E-state index contributed by atoms with van der Waals surface area (Å²) < 4.78 is 13.8. The molecule has 1 aromatic heterocycles. The van der Waals surface area contributed by atoms with Crippen molar-refractivity contribution in [1.29, 1.82) is 0 Å². The smallest absolute Gasteiger partial charge is 0.169 e. The van der Waals surface area contributed by atoms with Crippen LogP contribution in [0.25, 0.3) is 0 Å². The molecule has 294 valence electrons. The Bertz CT molecular complexity index is 1020. The van der Waals surface area contributed by atoms with Gasteiger partial charge in [0.1, 0.15) is 12.2 Å². The fraction of sp³-hybridized carbons (Fsp3) is 0.729. The van der Waals surface area contributed by atoms with E-state index in [1.165, 1.54) is 147 Å². The third kappa shape index (κ3) is 21.0. The van der Waals surface area contributed by atoms with Crippen LogP contribution in [0.4, 0.5) is 0 Å². The molecule has 0 radical (unpaired) electrons. The highest BCUT2D eigenvalue weighted by Gasteiger charge is 2.50. The Balaban J connectivity index is 1.28. The molecule has 3 rings (SSSR count). The number of fused-ring (bicyclic) bond motifs is 1. The van der Waals surface area contributed by atoms with E-state index < -0.39 is 0 Å². The highest BCUT2D eigenvalue weighted by atomic mass is 16.8. The molecule has 3 heterocycles. The van der Waals surface area contributed by atoms with Crippen LogP contribution in [0.5, 0.6) is 0 Å². The van der Waals surface area contributed by atoms with Crippen LogP contribution in [0.1, 0.15) is 186 Å². The average Bonchev–Trinajstić information content (AvgIpc) is 3.70. The van der Waals surface area contributed by atoms with Crippen LogP contribution in [-0.2, 0) is 15.9 Å². The van der Waals surface area contributed by atoms with Crippen molar-refractivity contribution >= 4 is 0 Å². The summed E-state index contributed by atoms with van der Waals surface area (Å²) >= 11 is 0. The van der Waals surface area contributed by atoms with Crippen molar-refractivity contribution in [3.05, 3.63) is 78.7 Å². The van der Waals surface area contributed by atoms with Crippen molar-refractivity contribution in [3.8, 4) is 0 Å². The molecule has 0 unspecified atom stereocenters. The van der Waals surface area contributed by atoms with Crippen molar-refractivity contribution < 1.29 is 9.47 Å². The number of likely N-dealkylation sites (tertiary alicyclic amines) is 1. The maximum Gasteiger partial charge on any atom is 0.169 e. The number of hydrogen-bond acceptors (Lipinski definition) is 4. The van der Waals surface area contributed by atoms with Gasteiger partial charge in [-0.2, -0.15) is 0 Å². The molecule has 1 aromatic rings. The van der Waals surface area contributed by atoms with Gasteiger partial charge in [-0.05, 0) is 95.1 Å². The lowest BCUT2D eigenvalue weighted by molar-refractivity contribution is -0.193. The molecule has 0 aliphatic carbocycles. The Morgan fingerprint density at radius 1 is 0.596 bits per heavy atom. The number of ether oxygens (including phenoxy) is 2. The number of rotatable bonds is 33. The normalized spacial score (nSPS) is 19.0. The quantitative estimate of drug-likeness (QED) is 0.0536. The highest BCUT2D eigenvalue weighted by molar-refractivity contribution is 5.09. The van der Waals surface area contributed by atoms with Gasteiger partial charge in [-0.15, -0.1) is 0 Å². The maximum absolute atomic E-state index is 6.90. The second-order valence-electron chi connectivity index (χ2n) is 15.8. The Kier molecular flexibility index (Phi) is 25.9. The lowest BCUT2D eigenvalue weighted by atomic mass is 9.98. The lowest BCUT2D eigenvalue weighted by Crippen LogP contribution is -2.36. The minimum atomic E-state index is -0.352. The van der Waals surface area contributed by atoms with Crippen LogP contribution in [-0.4, -0.2) is 47.5 Å². The molecule has 0 N–H and O–H groups in total. The van der Waals surface area contributed by atoms with Crippen molar-refractivity contribution in [1.82, 2.24) is 9.88 Å². The van der Waals surface area contributed by atoms with Crippen LogP contribution in [0, 0.1) is 0 Å². The third-order valence-corrected chi connectivity index (χ3v) is 11.0. The first-order chi connectivity index (χ1) is 25.7. The predicted molar refractivity (Wildman–Crippen MR) is 225 cm³/mol. The van der Waals surface area contributed by atoms with Gasteiger partial charge in [-0.3, -0.25) is 9.88 Å². The number of unbranched alkanes of at least 4 members (excludes halogenated alkanes) is 18. The van der Waals surface area contributed by atoms with E-state index in [2.05, 4.69) is 78.4 Å². The van der Waals surface area contributed by atoms with Crippen LogP contribution in [0.3, 0.4) is 0 Å². The van der Waals surface area contributed by atoms with Crippen molar-refractivity contribution in [2.45, 2.75) is 205 Å². The molecule has 52 heavy (non-hydrogen) atoms. The molecule has 2 aliphatic heterocycles. The molecule has 2 saturated heterocycles. The topological polar surface area (TPSA) is 34.6 Å². The van der Waals surface area contributed by atoms with E-state index in [1.54, 1.807) is 0 Å². The molecule has 0 amide bonds. The number of hydrogen-bond donors (Lipinski definition) is 0. The van der Waals surface area contributed by atoms with Gasteiger partial charge in [-0.1, -0.05) is 146 Å². The van der Waals surface area contributed by atoms with Gasteiger partial charge in [-0.25, -0.2) is 0 Å². The SMILES string of the molecule is CCCCC/C=C\C/C=C\CCCCCCCCC1(CCCCCCCC/C=C\C/C=C\CCCCC)O[C@@H]2CN(CCc3cccnc3)C[C@H]2O1. The summed E-state index contributed by atoms with van der Waals surface area (Å²) in [6.45, 7) is 7.59. The van der Waals surface area contributed by atoms with E-state index in [0.29, 0.717) is 0 Å². The standard InChI is InChI=1S/C48H80N2O2/c1-3-5-7-9-11-13-15-17-19-21-23-25-27-29-31-33-38-48(39-34-32-30-28-26-24-22-20-18-16-14-12-10-8-6-4-2)51-46-43-50(44-47(46)52-48)41-37-45-36-35-40-49-42-45/h11-14,17-20,35-36,40,42,46-47H,3-10,15-16,21-34,37-39,41,43-44H2,1-2H3/b13-11-,14-12-,19-17-,20-18-/t46-,47-/m1/s1. The van der Waals surface area contributed by atoms with Crippen LogP contribution in [0.15, 0.2) is 73.1 Å². The molecule has 2 aliphatic rings. The summed E-state index contributed by atoms with van der Waals surface area (Å²) in [6.07, 6.45) is 57.2. The molecule has 4 nitrogen and oxygen atoms in total. The van der Waals surface area contributed by atoms with Crippen LogP contribution in [0.2, 0.25) is 0 Å². The number of nitrogens with zero attached hydrogens (tertiary/aromatic N) is 2. The van der Waals surface area contributed by atoms with Gasteiger partial charge < -0.3 is 9.47 Å². The second-order valence-corrected chi connectivity index (χ2v) is 15.8. The Morgan fingerprint density at radius 3 is 1.48 bits per heavy atom. The minimum Gasteiger partial charge on any atom is -0.343 e. The number of aromatic nitrogens is 1. The van der Waals surface area contributed by atoms with E-state index in [0.717, 1.165) is 51.7 Å². The second kappa shape index (κ2) is 30.3. The monoisotopic (exact) mass is 717 g/mol. The van der Waals surface area contributed by atoms with Gasteiger partial charge in [0.05, 0.1) is 0 Å². The average molecular weight is 717 g/mol. The Labute approximate surface area is 322 Å². The first kappa shape index (κ1) is 44.4. The zero-order valence-corrected chi connectivity index (χ0v) is 34.0. The predicted octanol–water partition coefficient (Wildman–Crippen LogP) is 13.8. The summed E-state index contributed by atoms with van der Waals surface area (Å²) in [5.41, 5.74) is 1.31. The van der Waals surface area contributed by atoms with Crippen molar-refractivity contribution in [3.63, 3.8) is 0 Å². The molecule has 0 bridgehead atoms. The third-order valence-electron chi connectivity index (χ3n) is 11.0. The maximum atomic E-state index is 6.90. The molecule has 4 heteroatoms. The van der Waals surface area contributed by atoms with Crippen LogP contribution < -0.4 is 0 Å². The molecule has 2 atom stereocenters.